The number of Topliss-reactive ketones (excluding diaryl/α,β-unsaturated/α-hetero) is 1. The zero-order chi connectivity index (χ0) is 16.8. The maximum atomic E-state index is 12.7. The molecule has 0 saturated heterocycles. The number of nitrogens with zero attached hydrogens (tertiary/aromatic N) is 2. The summed E-state index contributed by atoms with van der Waals surface area (Å²) in [7, 11) is 2.03. The van der Waals surface area contributed by atoms with E-state index in [2.05, 4.69) is 11.8 Å². The Hall–Kier alpha value is -1.62. The number of fused-ring (bicyclic) bond motifs is 1. The van der Waals surface area contributed by atoms with E-state index in [1.807, 2.05) is 40.0 Å². The van der Waals surface area contributed by atoms with Gasteiger partial charge in [0.25, 0.3) is 0 Å². The van der Waals surface area contributed by atoms with Gasteiger partial charge < -0.3 is 9.64 Å². The van der Waals surface area contributed by atoms with E-state index in [9.17, 15) is 4.79 Å². The Labute approximate surface area is 141 Å². The Bertz CT molecular complexity index is 747. The number of anilines is 1. The lowest BCUT2D eigenvalue weighted by Gasteiger charge is -2.13. The molecule has 124 valence electrons. The molecule has 1 aliphatic carbocycles. The fourth-order valence-electron chi connectivity index (χ4n) is 2.52. The molecule has 2 aromatic rings. The van der Waals surface area contributed by atoms with Gasteiger partial charge >= 0.3 is 0 Å². The molecular formula is C18H24N2O2S. The van der Waals surface area contributed by atoms with Crippen molar-refractivity contribution in [3.8, 4) is 5.75 Å². The first kappa shape index (κ1) is 16.2. The van der Waals surface area contributed by atoms with Gasteiger partial charge in [-0.2, -0.15) is 0 Å². The van der Waals surface area contributed by atoms with Crippen molar-refractivity contribution in [2.24, 2.45) is 5.41 Å². The number of thiazole rings is 1. The maximum absolute atomic E-state index is 12.7. The van der Waals surface area contributed by atoms with Crippen LogP contribution in [-0.2, 0) is 0 Å². The zero-order valence-electron chi connectivity index (χ0n) is 14.5. The Morgan fingerprint density at radius 2 is 2.13 bits per heavy atom. The Morgan fingerprint density at radius 3 is 2.70 bits per heavy atom. The minimum Gasteiger partial charge on any atom is -0.489 e. The summed E-state index contributed by atoms with van der Waals surface area (Å²) < 4.78 is 6.97. The molecule has 1 aliphatic rings. The van der Waals surface area contributed by atoms with Gasteiger partial charge in [-0.25, -0.2) is 4.98 Å². The molecule has 0 spiro atoms. The Morgan fingerprint density at radius 1 is 1.43 bits per heavy atom. The molecule has 4 nitrogen and oxygen atoms in total. The summed E-state index contributed by atoms with van der Waals surface area (Å²) in [6.07, 6.45) is 2.02. The van der Waals surface area contributed by atoms with Crippen LogP contribution in [0.1, 0.15) is 50.9 Å². The second kappa shape index (κ2) is 5.78. The zero-order valence-corrected chi connectivity index (χ0v) is 15.3. The second-order valence-corrected chi connectivity index (χ2v) is 7.90. The van der Waals surface area contributed by atoms with Crippen molar-refractivity contribution in [2.75, 3.05) is 18.5 Å². The third kappa shape index (κ3) is 3.07. The third-order valence-corrected chi connectivity index (χ3v) is 5.54. The van der Waals surface area contributed by atoms with Crippen LogP contribution < -0.4 is 9.64 Å². The van der Waals surface area contributed by atoms with Gasteiger partial charge in [-0.15, -0.1) is 0 Å². The highest BCUT2D eigenvalue weighted by atomic mass is 32.1. The van der Waals surface area contributed by atoms with E-state index in [1.165, 1.54) is 0 Å². The van der Waals surface area contributed by atoms with E-state index in [1.54, 1.807) is 11.3 Å². The molecule has 0 amide bonds. The molecule has 1 saturated carbocycles. The molecule has 0 aliphatic heterocycles. The minimum absolute atomic E-state index is 0.0501. The van der Waals surface area contributed by atoms with Crippen molar-refractivity contribution in [1.29, 1.82) is 0 Å². The molecule has 0 unspecified atom stereocenters. The number of aromatic nitrogens is 1. The highest BCUT2D eigenvalue weighted by molar-refractivity contribution is 7.22. The molecule has 1 aromatic carbocycles. The largest absolute Gasteiger partial charge is 0.489 e. The van der Waals surface area contributed by atoms with Crippen LogP contribution in [0.4, 0.5) is 5.13 Å². The van der Waals surface area contributed by atoms with Gasteiger partial charge in [0.1, 0.15) is 11.3 Å². The average Bonchev–Trinajstić information content (AvgIpc) is 3.10. The number of carbonyl (C=O) groups excluding carboxylic acids is 1. The summed E-state index contributed by atoms with van der Waals surface area (Å²) in [6.45, 7) is 9.03. The molecule has 1 aromatic heterocycles. The minimum atomic E-state index is -0.170. The van der Waals surface area contributed by atoms with Crippen molar-refractivity contribution >= 4 is 32.5 Å². The van der Waals surface area contributed by atoms with Crippen LogP contribution in [0.25, 0.3) is 10.2 Å². The number of rotatable bonds is 6. The SMILES string of the molecule is CCN(C)c1nc2c(OC(C)C)cc(C(=O)C3(C)CC3)cc2s1. The van der Waals surface area contributed by atoms with E-state index in [0.717, 1.165) is 46.0 Å². The Kier molecular flexibility index (Phi) is 4.08. The van der Waals surface area contributed by atoms with Crippen molar-refractivity contribution in [3.63, 3.8) is 0 Å². The van der Waals surface area contributed by atoms with E-state index in [0.29, 0.717) is 0 Å². The van der Waals surface area contributed by atoms with Crippen LogP contribution in [-0.4, -0.2) is 30.5 Å². The fourth-order valence-corrected chi connectivity index (χ4v) is 3.57. The van der Waals surface area contributed by atoms with Crippen LogP contribution >= 0.6 is 11.3 Å². The van der Waals surface area contributed by atoms with Gasteiger partial charge in [0.05, 0.1) is 10.8 Å². The first-order valence-electron chi connectivity index (χ1n) is 8.21. The normalized spacial score (nSPS) is 15.9. The van der Waals surface area contributed by atoms with Gasteiger partial charge in [0, 0.05) is 24.6 Å². The molecule has 3 rings (SSSR count). The lowest BCUT2D eigenvalue weighted by Crippen LogP contribution is -2.15. The van der Waals surface area contributed by atoms with Crippen LogP contribution in [0.15, 0.2) is 12.1 Å². The lowest BCUT2D eigenvalue weighted by atomic mass is 9.96. The predicted molar refractivity (Wildman–Crippen MR) is 96.0 cm³/mol. The first-order chi connectivity index (χ1) is 10.8. The number of hydrogen-bond acceptors (Lipinski definition) is 5. The van der Waals surface area contributed by atoms with E-state index < -0.39 is 0 Å². The van der Waals surface area contributed by atoms with Gasteiger partial charge in [0.15, 0.2) is 10.9 Å². The Balaban J connectivity index is 2.10. The quantitative estimate of drug-likeness (QED) is 0.729. The summed E-state index contributed by atoms with van der Waals surface area (Å²) in [4.78, 5) is 19.6. The summed E-state index contributed by atoms with van der Waals surface area (Å²) in [6, 6.07) is 3.86. The molecule has 0 N–H and O–H groups in total. The van der Waals surface area contributed by atoms with Gasteiger partial charge in [-0.05, 0) is 45.7 Å². The number of hydrogen-bond donors (Lipinski definition) is 0. The molecule has 23 heavy (non-hydrogen) atoms. The number of benzene rings is 1. The van der Waals surface area contributed by atoms with E-state index in [-0.39, 0.29) is 17.3 Å². The predicted octanol–water partition coefficient (Wildman–Crippen LogP) is 4.52. The molecule has 0 atom stereocenters. The molecule has 1 heterocycles. The van der Waals surface area contributed by atoms with Crippen molar-refractivity contribution in [3.05, 3.63) is 17.7 Å². The standard InChI is InChI=1S/C18H24N2O2S/c1-6-20(5)17-19-15-13(22-11(2)3)9-12(10-14(15)23-17)16(21)18(4)7-8-18/h9-11H,6-8H2,1-5H3. The van der Waals surface area contributed by atoms with Crippen LogP contribution in [0.5, 0.6) is 5.75 Å². The molecule has 5 heteroatoms. The topological polar surface area (TPSA) is 42.4 Å². The highest BCUT2D eigenvalue weighted by Gasteiger charge is 2.45. The third-order valence-electron chi connectivity index (χ3n) is 4.42. The van der Waals surface area contributed by atoms with E-state index >= 15 is 0 Å². The second-order valence-electron chi connectivity index (χ2n) is 6.89. The fraction of sp³-hybridized carbons (Fsp3) is 0.556. The number of ketones is 1. The number of ether oxygens (including phenoxy) is 1. The summed E-state index contributed by atoms with van der Waals surface area (Å²) in [5.41, 5.74) is 1.44. The lowest BCUT2D eigenvalue weighted by molar-refractivity contribution is 0.0912. The van der Waals surface area contributed by atoms with Gasteiger partial charge in [-0.3, -0.25) is 4.79 Å². The monoisotopic (exact) mass is 332 g/mol. The summed E-state index contributed by atoms with van der Waals surface area (Å²) in [5.74, 6) is 0.948. The van der Waals surface area contributed by atoms with Crippen molar-refractivity contribution < 1.29 is 9.53 Å². The summed E-state index contributed by atoms with van der Waals surface area (Å²) >= 11 is 1.62. The highest BCUT2D eigenvalue weighted by Crippen LogP contribution is 2.48. The first-order valence-corrected chi connectivity index (χ1v) is 9.03. The maximum Gasteiger partial charge on any atom is 0.186 e. The van der Waals surface area contributed by atoms with Crippen molar-refractivity contribution in [1.82, 2.24) is 4.98 Å². The van der Waals surface area contributed by atoms with Gasteiger partial charge in [0.2, 0.25) is 0 Å². The van der Waals surface area contributed by atoms with Crippen LogP contribution in [0.3, 0.4) is 0 Å². The van der Waals surface area contributed by atoms with Crippen molar-refractivity contribution in [2.45, 2.75) is 46.6 Å². The number of carbonyl (C=O) groups is 1. The average molecular weight is 332 g/mol. The summed E-state index contributed by atoms with van der Waals surface area (Å²) in [5, 5.41) is 0.957. The van der Waals surface area contributed by atoms with Crippen LogP contribution in [0.2, 0.25) is 0 Å². The molecular weight excluding hydrogens is 308 g/mol. The van der Waals surface area contributed by atoms with Gasteiger partial charge in [-0.1, -0.05) is 18.3 Å². The smallest absolute Gasteiger partial charge is 0.186 e. The molecule has 0 bridgehead atoms. The van der Waals surface area contributed by atoms with E-state index in [4.69, 9.17) is 9.72 Å². The molecule has 1 fully saturated rings. The van der Waals surface area contributed by atoms with Crippen LogP contribution in [0, 0.1) is 5.41 Å². The molecule has 0 radical (unpaired) electrons.